The average molecular weight is 413 g/mol. The van der Waals surface area contributed by atoms with Crippen molar-refractivity contribution in [2.75, 3.05) is 26.3 Å². The second kappa shape index (κ2) is 8.27. The lowest BCUT2D eigenvalue weighted by atomic mass is 10.2. The first-order valence-electron chi connectivity index (χ1n) is 8.77. The molecule has 2 aromatic carbocycles. The Hall–Kier alpha value is -3.46. The minimum atomic E-state index is -0.256. The summed E-state index contributed by atoms with van der Waals surface area (Å²) in [5, 5.41) is 8.32. The second-order valence-electron chi connectivity index (χ2n) is 6.10. The quantitative estimate of drug-likeness (QED) is 0.612. The van der Waals surface area contributed by atoms with E-state index in [1.807, 2.05) is 30.3 Å². The average Bonchev–Trinajstić information content (AvgIpc) is 3.41. The van der Waals surface area contributed by atoms with E-state index < -0.39 is 0 Å². The first-order chi connectivity index (χ1) is 14.2. The molecule has 0 unspecified atom stereocenters. The Kier molecular flexibility index (Phi) is 5.39. The van der Waals surface area contributed by atoms with Crippen LogP contribution in [0.2, 0.25) is 0 Å². The highest BCUT2D eigenvalue weighted by atomic mass is 32.1. The van der Waals surface area contributed by atoms with Gasteiger partial charge in [0.25, 0.3) is 5.91 Å². The van der Waals surface area contributed by atoms with Gasteiger partial charge in [0.1, 0.15) is 17.2 Å². The number of thiazole rings is 1. The van der Waals surface area contributed by atoms with Crippen molar-refractivity contribution in [3.05, 3.63) is 53.0 Å². The Morgan fingerprint density at radius 3 is 2.83 bits per heavy atom. The summed E-state index contributed by atoms with van der Waals surface area (Å²) < 4.78 is 21.2. The Labute approximate surface area is 171 Å². The summed E-state index contributed by atoms with van der Waals surface area (Å²) in [7, 11) is 3.17. The summed E-state index contributed by atoms with van der Waals surface area (Å²) in [6, 6.07) is 11.0. The molecule has 4 rings (SSSR count). The summed E-state index contributed by atoms with van der Waals surface area (Å²) in [4.78, 5) is 16.8. The number of hydrogen-bond acceptors (Lipinski definition) is 8. The van der Waals surface area contributed by atoms with E-state index in [-0.39, 0.29) is 12.7 Å². The molecular formula is C20H19N3O5S. The lowest BCUT2D eigenvalue weighted by Gasteiger charge is -2.10. The highest BCUT2D eigenvalue weighted by Crippen LogP contribution is 2.33. The molecule has 2 N–H and O–H groups in total. The fourth-order valence-corrected chi connectivity index (χ4v) is 3.48. The molecule has 0 saturated carbocycles. The molecule has 0 bridgehead atoms. The first-order valence-corrected chi connectivity index (χ1v) is 9.65. The third-order valence-electron chi connectivity index (χ3n) is 4.28. The minimum Gasteiger partial charge on any atom is -0.497 e. The molecule has 1 amide bonds. The maximum atomic E-state index is 12.4. The molecule has 150 valence electrons. The number of benzene rings is 2. The van der Waals surface area contributed by atoms with Gasteiger partial charge in [0, 0.05) is 18.0 Å². The zero-order valence-corrected chi connectivity index (χ0v) is 16.7. The van der Waals surface area contributed by atoms with Gasteiger partial charge >= 0.3 is 0 Å². The van der Waals surface area contributed by atoms with Crippen molar-refractivity contribution < 1.29 is 23.7 Å². The predicted octanol–water partition coefficient (Wildman–Crippen LogP) is 3.56. The summed E-state index contributed by atoms with van der Waals surface area (Å²) >= 11 is 1.33. The molecule has 9 heteroatoms. The molecule has 0 fully saturated rings. The van der Waals surface area contributed by atoms with Crippen LogP contribution in [0.15, 0.2) is 41.8 Å². The number of nitrogens with one attached hydrogen (secondary N) is 2. The van der Waals surface area contributed by atoms with Gasteiger partial charge in [-0.1, -0.05) is 6.07 Å². The fraction of sp³-hybridized carbons (Fsp3) is 0.200. The van der Waals surface area contributed by atoms with Crippen LogP contribution in [0.5, 0.6) is 23.0 Å². The van der Waals surface area contributed by atoms with Gasteiger partial charge in [0.2, 0.25) is 6.79 Å². The van der Waals surface area contributed by atoms with E-state index in [1.165, 1.54) is 11.3 Å². The number of anilines is 2. The van der Waals surface area contributed by atoms with E-state index in [1.54, 1.807) is 25.7 Å². The summed E-state index contributed by atoms with van der Waals surface area (Å²) in [5.41, 5.74) is 1.99. The predicted molar refractivity (Wildman–Crippen MR) is 109 cm³/mol. The van der Waals surface area contributed by atoms with Crippen molar-refractivity contribution in [2.45, 2.75) is 6.54 Å². The highest BCUT2D eigenvalue weighted by molar-refractivity contribution is 7.14. The van der Waals surface area contributed by atoms with E-state index in [4.69, 9.17) is 18.9 Å². The molecule has 0 atom stereocenters. The van der Waals surface area contributed by atoms with Crippen molar-refractivity contribution in [1.82, 2.24) is 10.3 Å². The van der Waals surface area contributed by atoms with Crippen molar-refractivity contribution in [1.29, 1.82) is 0 Å². The van der Waals surface area contributed by atoms with Crippen LogP contribution in [0, 0.1) is 0 Å². The number of carbonyl (C=O) groups excluding carboxylic acids is 1. The SMILES string of the molecule is COc1ccc(Nc2nc(C(=O)NCc3ccc4c(c3)OCO4)cs2)c(OC)c1. The monoisotopic (exact) mass is 413 g/mol. The number of aromatic nitrogens is 1. The molecule has 8 nitrogen and oxygen atoms in total. The molecule has 0 aliphatic carbocycles. The van der Waals surface area contributed by atoms with Crippen LogP contribution in [0.1, 0.15) is 16.1 Å². The van der Waals surface area contributed by atoms with Crippen molar-refractivity contribution in [3.63, 3.8) is 0 Å². The third-order valence-corrected chi connectivity index (χ3v) is 5.03. The fourth-order valence-electron chi connectivity index (χ4n) is 2.78. The number of carbonyl (C=O) groups is 1. The number of nitrogens with zero attached hydrogens (tertiary/aromatic N) is 1. The minimum absolute atomic E-state index is 0.221. The molecule has 1 aliphatic heterocycles. The van der Waals surface area contributed by atoms with Crippen molar-refractivity contribution >= 4 is 28.1 Å². The van der Waals surface area contributed by atoms with Crippen molar-refractivity contribution in [3.8, 4) is 23.0 Å². The van der Waals surface area contributed by atoms with Crippen LogP contribution in [0.4, 0.5) is 10.8 Å². The number of fused-ring (bicyclic) bond motifs is 1. The lowest BCUT2D eigenvalue weighted by Crippen LogP contribution is -2.23. The molecule has 2 heterocycles. The van der Waals surface area contributed by atoms with Gasteiger partial charge in [-0.05, 0) is 29.8 Å². The number of ether oxygens (including phenoxy) is 4. The molecule has 1 aromatic heterocycles. The van der Waals surface area contributed by atoms with Gasteiger partial charge in [-0.15, -0.1) is 11.3 Å². The van der Waals surface area contributed by atoms with Gasteiger partial charge in [-0.25, -0.2) is 4.98 Å². The Morgan fingerprint density at radius 1 is 1.14 bits per heavy atom. The van der Waals surface area contributed by atoms with E-state index in [0.717, 1.165) is 11.3 Å². The second-order valence-corrected chi connectivity index (χ2v) is 6.96. The normalized spacial score (nSPS) is 11.8. The highest BCUT2D eigenvalue weighted by Gasteiger charge is 2.15. The summed E-state index contributed by atoms with van der Waals surface area (Å²) in [5.74, 6) is 2.45. The molecule has 0 saturated heterocycles. The molecule has 1 aliphatic rings. The van der Waals surface area contributed by atoms with Gasteiger partial charge in [-0.3, -0.25) is 4.79 Å². The van der Waals surface area contributed by atoms with Crippen LogP contribution in [0.3, 0.4) is 0 Å². The Bertz CT molecular complexity index is 1040. The van der Waals surface area contributed by atoms with Gasteiger partial charge in [-0.2, -0.15) is 0 Å². The largest absolute Gasteiger partial charge is 0.497 e. The number of amides is 1. The molecule has 3 aromatic rings. The van der Waals surface area contributed by atoms with Crippen LogP contribution < -0.4 is 29.6 Å². The van der Waals surface area contributed by atoms with Gasteiger partial charge in [0.15, 0.2) is 16.6 Å². The molecule has 0 spiro atoms. The standard InChI is InChI=1S/C20H19N3O5S/c1-25-13-4-5-14(17(8-13)26-2)22-20-23-15(10-29-20)19(24)21-9-12-3-6-16-18(7-12)28-11-27-16/h3-8,10H,9,11H2,1-2H3,(H,21,24)(H,22,23). The van der Waals surface area contributed by atoms with Crippen LogP contribution in [0.25, 0.3) is 0 Å². The summed E-state index contributed by atoms with van der Waals surface area (Å²) in [6.45, 7) is 0.584. The van der Waals surface area contributed by atoms with E-state index in [2.05, 4.69) is 15.6 Å². The Morgan fingerprint density at radius 2 is 2.00 bits per heavy atom. The zero-order chi connectivity index (χ0) is 20.2. The number of methoxy groups -OCH3 is 2. The van der Waals surface area contributed by atoms with E-state index in [9.17, 15) is 4.79 Å². The summed E-state index contributed by atoms with van der Waals surface area (Å²) in [6.07, 6.45) is 0. The molecule has 0 radical (unpaired) electrons. The van der Waals surface area contributed by atoms with Gasteiger partial charge < -0.3 is 29.6 Å². The first kappa shape index (κ1) is 18.9. The smallest absolute Gasteiger partial charge is 0.271 e. The molecule has 29 heavy (non-hydrogen) atoms. The van der Waals surface area contributed by atoms with Crippen LogP contribution in [-0.2, 0) is 6.54 Å². The Balaban J connectivity index is 1.39. The van der Waals surface area contributed by atoms with Crippen LogP contribution >= 0.6 is 11.3 Å². The topological polar surface area (TPSA) is 90.9 Å². The number of rotatable bonds is 7. The number of hydrogen-bond donors (Lipinski definition) is 2. The van der Waals surface area contributed by atoms with E-state index in [0.29, 0.717) is 40.4 Å². The van der Waals surface area contributed by atoms with Gasteiger partial charge in [0.05, 0.1) is 19.9 Å². The third kappa shape index (κ3) is 4.19. The maximum Gasteiger partial charge on any atom is 0.271 e. The maximum absolute atomic E-state index is 12.4. The van der Waals surface area contributed by atoms with Crippen molar-refractivity contribution in [2.24, 2.45) is 0 Å². The van der Waals surface area contributed by atoms with E-state index >= 15 is 0 Å². The lowest BCUT2D eigenvalue weighted by molar-refractivity contribution is 0.0946. The van der Waals surface area contributed by atoms with Crippen LogP contribution in [-0.4, -0.2) is 31.9 Å². The zero-order valence-electron chi connectivity index (χ0n) is 15.9. The molecular weight excluding hydrogens is 394 g/mol.